The summed E-state index contributed by atoms with van der Waals surface area (Å²) >= 11 is 0. The first-order valence-electron chi connectivity index (χ1n) is 4.83. The largest absolute Gasteiger partial charge is 0.366 e. The van der Waals surface area contributed by atoms with Crippen LogP contribution in [0.2, 0.25) is 0 Å². The highest BCUT2D eigenvalue weighted by Gasteiger charge is 2.10. The van der Waals surface area contributed by atoms with Gasteiger partial charge in [-0.3, -0.25) is 0 Å². The predicted octanol–water partition coefficient (Wildman–Crippen LogP) is 1.37. The van der Waals surface area contributed by atoms with E-state index in [4.69, 9.17) is 5.73 Å². The Kier molecular flexibility index (Phi) is 2.37. The molecule has 78 valence electrons. The zero-order valence-corrected chi connectivity index (χ0v) is 8.75. The zero-order valence-electron chi connectivity index (χ0n) is 8.75. The van der Waals surface area contributed by atoms with Gasteiger partial charge in [-0.25, -0.2) is 0 Å². The Bertz CT molecular complexity index is 460. The molecule has 2 aromatic rings. The van der Waals surface area contributed by atoms with Crippen molar-refractivity contribution in [1.82, 2.24) is 20.2 Å². The molecule has 0 aliphatic carbocycles. The van der Waals surface area contributed by atoms with Crippen molar-refractivity contribution in [3.05, 3.63) is 29.8 Å². The topological polar surface area (TPSA) is 69.6 Å². The summed E-state index contributed by atoms with van der Waals surface area (Å²) in [7, 11) is 0. The maximum absolute atomic E-state index is 5.67. The number of anilines is 1. The van der Waals surface area contributed by atoms with E-state index in [1.165, 1.54) is 5.56 Å². The minimum Gasteiger partial charge on any atom is -0.366 e. The molecule has 0 saturated heterocycles. The summed E-state index contributed by atoms with van der Waals surface area (Å²) in [6.07, 6.45) is 0. The Morgan fingerprint density at radius 2 is 2.00 bits per heavy atom. The van der Waals surface area contributed by atoms with Gasteiger partial charge in [-0.05, 0) is 28.0 Å². The second kappa shape index (κ2) is 3.68. The normalized spacial score (nSPS) is 10.9. The standard InChI is InChI=1S/C10H13N5/c1-7(2)8-5-3-4-6-9(8)15-10(11)12-13-14-15/h3-7H,1-2H3,(H2,11,12,14). The molecule has 0 unspecified atom stereocenters. The fourth-order valence-corrected chi connectivity index (χ4v) is 1.53. The third-order valence-corrected chi connectivity index (χ3v) is 2.28. The van der Waals surface area contributed by atoms with Gasteiger partial charge < -0.3 is 5.73 Å². The number of nitrogen functional groups attached to an aromatic ring is 1. The number of hydrogen-bond acceptors (Lipinski definition) is 4. The van der Waals surface area contributed by atoms with Gasteiger partial charge in [0, 0.05) is 0 Å². The molecule has 0 spiro atoms. The van der Waals surface area contributed by atoms with Crippen molar-refractivity contribution < 1.29 is 0 Å². The van der Waals surface area contributed by atoms with Crippen LogP contribution in [0, 0.1) is 0 Å². The van der Waals surface area contributed by atoms with Gasteiger partial charge in [0.1, 0.15) is 0 Å². The molecule has 0 amide bonds. The molecular formula is C10H13N5. The van der Waals surface area contributed by atoms with Crippen LogP contribution in [0.1, 0.15) is 25.3 Å². The van der Waals surface area contributed by atoms with Crippen LogP contribution in [0.25, 0.3) is 5.69 Å². The summed E-state index contributed by atoms with van der Waals surface area (Å²) in [5, 5.41) is 11.1. The van der Waals surface area contributed by atoms with Crippen molar-refractivity contribution in [2.75, 3.05) is 5.73 Å². The number of nitrogens with zero attached hydrogens (tertiary/aromatic N) is 4. The summed E-state index contributed by atoms with van der Waals surface area (Å²) in [6.45, 7) is 4.25. The number of aromatic nitrogens is 4. The summed E-state index contributed by atoms with van der Waals surface area (Å²) in [5.74, 6) is 0.716. The van der Waals surface area contributed by atoms with E-state index < -0.39 is 0 Å². The molecule has 5 nitrogen and oxygen atoms in total. The number of rotatable bonds is 2. The van der Waals surface area contributed by atoms with Gasteiger partial charge in [0.25, 0.3) is 0 Å². The highest BCUT2D eigenvalue weighted by molar-refractivity contribution is 5.45. The first-order valence-corrected chi connectivity index (χ1v) is 4.83. The van der Waals surface area contributed by atoms with Crippen LogP contribution in [0.15, 0.2) is 24.3 Å². The van der Waals surface area contributed by atoms with Gasteiger partial charge in [0.05, 0.1) is 5.69 Å². The molecular weight excluding hydrogens is 190 g/mol. The maximum Gasteiger partial charge on any atom is 0.245 e. The monoisotopic (exact) mass is 203 g/mol. The molecule has 2 rings (SSSR count). The van der Waals surface area contributed by atoms with Crippen LogP contribution >= 0.6 is 0 Å². The second-order valence-corrected chi connectivity index (χ2v) is 3.66. The highest BCUT2D eigenvalue weighted by Crippen LogP contribution is 2.22. The molecule has 0 fully saturated rings. The van der Waals surface area contributed by atoms with E-state index in [1.807, 2.05) is 18.2 Å². The number of tetrazole rings is 1. The van der Waals surface area contributed by atoms with Crippen molar-refractivity contribution in [2.45, 2.75) is 19.8 Å². The SMILES string of the molecule is CC(C)c1ccccc1-n1nnnc1N. The fraction of sp³-hybridized carbons (Fsp3) is 0.300. The Balaban J connectivity index is 2.58. The zero-order chi connectivity index (χ0) is 10.8. The molecule has 0 radical (unpaired) electrons. The lowest BCUT2D eigenvalue weighted by molar-refractivity contribution is 0.766. The van der Waals surface area contributed by atoms with Crippen molar-refractivity contribution in [2.24, 2.45) is 0 Å². The minimum absolute atomic E-state index is 0.308. The number of nitrogens with two attached hydrogens (primary N) is 1. The molecule has 0 aliphatic rings. The number of benzene rings is 1. The molecule has 1 aromatic carbocycles. The second-order valence-electron chi connectivity index (χ2n) is 3.66. The maximum atomic E-state index is 5.67. The fourth-order valence-electron chi connectivity index (χ4n) is 1.53. The van der Waals surface area contributed by atoms with Crippen molar-refractivity contribution >= 4 is 5.95 Å². The molecule has 0 aliphatic heterocycles. The highest BCUT2D eigenvalue weighted by atomic mass is 15.6. The summed E-state index contributed by atoms with van der Waals surface area (Å²) in [6, 6.07) is 7.96. The van der Waals surface area contributed by atoms with Crippen LogP contribution in [-0.4, -0.2) is 20.2 Å². The van der Waals surface area contributed by atoms with E-state index in [0.717, 1.165) is 5.69 Å². The van der Waals surface area contributed by atoms with Crippen LogP contribution in [0.4, 0.5) is 5.95 Å². The lowest BCUT2D eigenvalue weighted by Crippen LogP contribution is -2.06. The third-order valence-electron chi connectivity index (χ3n) is 2.28. The summed E-state index contributed by atoms with van der Waals surface area (Å²) in [5.41, 5.74) is 7.79. The van der Waals surface area contributed by atoms with Crippen LogP contribution in [0.3, 0.4) is 0 Å². The van der Waals surface area contributed by atoms with Gasteiger partial charge in [0.15, 0.2) is 0 Å². The Labute approximate surface area is 87.9 Å². The molecule has 5 heteroatoms. The van der Waals surface area contributed by atoms with E-state index in [2.05, 4.69) is 35.4 Å². The number of hydrogen-bond donors (Lipinski definition) is 1. The quantitative estimate of drug-likeness (QED) is 0.800. The third kappa shape index (κ3) is 1.68. The van der Waals surface area contributed by atoms with Gasteiger partial charge >= 0.3 is 0 Å². The van der Waals surface area contributed by atoms with Crippen molar-refractivity contribution in [1.29, 1.82) is 0 Å². The van der Waals surface area contributed by atoms with E-state index >= 15 is 0 Å². The molecule has 2 N–H and O–H groups in total. The van der Waals surface area contributed by atoms with Gasteiger partial charge in [-0.15, -0.1) is 0 Å². The van der Waals surface area contributed by atoms with E-state index in [1.54, 1.807) is 4.68 Å². The Morgan fingerprint density at radius 3 is 2.60 bits per heavy atom. The lowest BCUT2D eigenvalue weighted by atomic mass is 10.0. The summed E-state index contributed by atoms with van der Waals surface area (Å²) in [4.78, 5) is 0. The van der Waals surface area contributed by atoms with E-state index in [-0.39, 0.29) is 0 Å². The van der Waals surface area contributed by atoms with Crippen LogP contribution in [0.5, 0.6) is 0 Å². The molecule has 0 saturated carbocycles. The minimum atomic E-state index is 0.308. The lowest BCUT2D eigenvalue weighted by Gasteiger charge is -2.11. The van der Waals surface area contributed by atoms with Gasteiger partial charge in [-0.2, -0.15) is 4.68 Å². The molecule has 0 bridgehead atoms. The van der Waals surface area contributed by atoms with E-state index in [9.17, 15) is 0 Å². The smallest absolute Gasteiger partial charge is 0.245 e. The van der Waals surface area contributed by atoms with Gasteiger partial charge in [-0.1, -0.05) is 37.1 Å². The molecule has 1 aromatic heterocycles. The van der Waals surface area contributed by atoms with E-state index in [0.29, 0.717) is 11.9 Å². The Hall–Kier alpha value is -1.91. The molecule has 15 heavy (non-hydrogen) atoms. The van der Waals surface area contributed by atoms with Crippen LogP contribution in [-0.2, 0) is 0 Å². The first kappa shape index (κ1) is 9.64. The molecule has 1 heterocycles. The number of para-hydroxylation sites is 1. The van der Waals surface area contributed by atoms with Crippen molar-refractivity contribution in [3.8, 4) is 5.69 Å². The van der Waals surface area contributed by atoms with Crippen LogP contribution < -0.4 is 5.73 Å². The van der Waals surface area contributed by atoms with Crippen molar-refractivity contribution in [3.63, 3.8) is 0 Å². The first-order chi connectivity index (χ1) is 7.20. The predicted molar refractivity (Wildman–Crippen MR) is 57.7 cm³/mol. The average molecular weight is 203 g/mol. The average Bonchev–Trinajstić information content (AvgIpc) is 2.64. The summed E-state index contributed by atoms with van der Waals surface area (Å²) < 4.78 is 1.55. The Morgan fingerprint density at radius 1 is 1.27 bits per heavy atom. The van der Waals surface area contributed by atoms with Gasteiger partial charge in [0.2, 0.25) is 5.95 Å². The molecule has 0 atom stereocenters.